The van der Waals surface area contributed by atoms with Crippen molar-refractivity contribution in [2.24, 2.45) is 0 Å². The van der Waals surface area contributed by atoms with Crippen LogP contribution < -0.4 is 5.32 Å². The first-order valence-electron chi connectivity index (χ1n) is 9.44. The van der Waals surface area contributed by atoms with Gasteiger partial charge in [-0.1, -0.05) is 18.2 Å². The summed E-state index contributed by atoms with van der Waals surface area (Å²) in [5, 5.41) is 3.14. The summed E-state index contributed by atoms with van der Waals surface area (Å²) in [7, 11) is 0. The summed E-state index contributed by atoms with van der Waals surface area (Å²) in [6, 6.07) is 10.0. The Morgan fingerprint density at radius 1 is 1.03 bits per heavy atom. The van der Waals surface area contributed by atoms with Gasteiger partial charge in [-0.05, 0) is 49.7 Å². The van der Waals surface area contributed by atoms with Crippen LogP contribution in [-0.4, -0.2) is 29.9 Å². The lowest BCUT2D eigenvalue weighted by molar-refractivity contribution is -0.325. The molecule has 0 bridgehead atoms. The SMILES string of the molecule is Cc1cc(-c2ccc(C(F)(F)F)cc2)nc2cc(C(=O)N[C@@H](C)COC(F)(F)F)ccc12. The maximum atomic E-state index is 12.8. The third kappa shape index (κ3) is 5.76. The maximum Gasteiger partial charge on any atom is 0.522 e. The highest BCUT2D eigenvalue weighted by Crippen LogP contribution is 2.31. The molecule has 1 amide bonds. The Kier molecular flexibility index (Phi) is 6.45. The van der Waals surface area contributed by atoms with Crippen LogP contribution in [0.15, 0.2) is 48.5 Å². The Morgan fingerprint density at radius 3 is 2.28 bits per heavy atom. The zero-order valence-corrected chi connectivity index (χ0v) is 16.9. The van der Waals surface area contributed by atoms with Gasteiger partial charge in [-0.25, -0.2) is 4.98 Å². The zero-order chi connectivity index (χ0) is 23.7. The number of fused-ring (bicyclic) bond motifs is 1. The number of hydrogen-bond donors (Lipinski definition) is 1. The van der Waals surface area contributed by atoms with Crippen LogP contribution >= 0.6 is 0 Å². The molecule has 1 aromatic heterocycles. The minimum atomic E-state index is -4.79. The molecule has 0 spiro atoms. The first-order chi connectivity index (χ1) is 14.8. The van der Waals surface area contributed by atoms with E-state index in [1.165, 1.54) is 31.2 Å². The lowest BCUT2D eigenvalue weighted by atomic mass is 10.0. The number of ether oxygens (including phenoxy) is 1. The van der Waals surface area contributed by atoms with Crippen LogP contribution in [-0.2, 0) is 10.9 Å². The van der Waals surface area contributed by atoms with Crippen molar-refractivity contribution in [3.63, 3.8) is 0 Å². The number of nitrogens with zero attached hydrogens (tertiary/aromatic N) is 1. The van der Waals surface area contributed by atoms with E-state index in [1.807, 2.05) is 0 Å². The first kappa shape index (κ1) is 23.5. The number of carbonyl (C=O) groups is 1. The Labute approximate surface area is 179 Å². The van der Waals surface area contributed by atoms with Gasteiger partial charge in [0.05, 0.1) is 29.4 Å². The third-order valence-corrected chi connectivity index (χ3v) is 4.66. The normalized spacial score (nSPS) is 13.2. The summed E-state index contributed by atoms with van der Waals surface area (Å²) >= 11 is 0. The molecule has 170 valence electrons. The van der Waals surface area contributed by atoms with Crippen LogP contribution in [0.1, 0.15) is 28.4 Å². The molecule has 1 heterocycles. The molecule has 2 aromatic carbocycles. The van der Waals surface area contributed by atoms with Crippen LogP contribution in [0.3, 0.4) is 0 Å². The molecule has 0 fully saturated rings. The molecule has 0 saturated heterocycles. The molecule has 10 heteroatoms. The molecule has 0 unspecified atom stereocenters. The van der Waals surface area contributed by atoms with Crippen LogP contribution in [0.5, 0.6) is 0 Å². The lowest BCUT2D eigenvalue weighted by Crippen LogP contribution is -2.37. The minimum Gasteiger partial charge on any atom is -0.347 e. The van der Waals surface area contributed by atoms with Crippen molar-refractivity contribution in [1.82, 2.24) is 10.3 Å². The molecule has 32 heavy (non-hydrogen) atoms. The monoisotopic (exact) mass is 456 g/mol. The van der Waals surface area contributed by atoms with E-state index in [0.717, 1.165) is 23.1 Å². The van der Waals surface area contributed by atoms with Crippen LogP contribution in [0.4, 0.5) is 26.3 Å². The van der Waals surface area contributed by atoms with Crippen molar-refractivity contribution in [1.29, 1.82) is 0 Å². The van der Waals surface area contributed by atoms with Crippen molar-refractivity contribution in [2.45, 2.75) is 32.4 Å². The van der Waals surface area contributed by atoms with Gasteiger partial charge in [-0.3, -0.25) is 9.53 Å². The summed E-state index contributed by atoms with van der Waals surface area (Å²) in [4.78, 5) is 16.9. The average molecular weight is 456 g/mol. The van der Waals surface area contributed by atoms with Gasteiger partial charge in [0.2, 0.25) is 0 Å². The number of aromatic nitrogens is 1. The average Bonchev–Trinajstić information content (AvgIpc) is 2.70. The van der Waals surface area contributed by atoms with E-state index < -0.39 is 36.7 Å². The summed E-state index contributed by atoms with van der Waals surface area (Å²) in [6.07, 6.45) is -9.24. The second-order valence-electron chi connectivity index (χ2n) is 7.26. The number of alkyl halides is 6. The van der Waals surface area contributed by atoms with Gasteiger partial charge >= 0.3 is 12.5 Å². The predicted octanol–water partition coefficient (Wildman–Crippen LogP) is 5.88. The van der Waals surface area contributed by atoms with Gasteiger partial charge in [0.1, 0.15) is 0 Å². The fourth-order valence-electron chi connectivity index (χ4n) is 3.09. The number of nitrogens with one attached hydrogen (secondary N) is 1. The number of benzene rings is 2. The van der Waals surface area contributed by atoms with E-state index in [2.05, 4.69) is 15.0 Å². The highest BCUT2D eigenvalue weighted by molar-refractivity contribution is 5.98. The standard InChI is InChI=1S/C22H18F6N2O2/c1-12-9-18(14-3-6-16(7-4-14)21(23,24)25)30-19-10-15(5-8-17(12)19)20(31)29-13(2)11-32-22(26,27)28/h3-10,13H,11H2,1-2H3,(H,29,31)/t13-/m0/s1. The van der Waals surface area contributed by atoms with Crippen LogP contribution in [0, 0.1) is 6.92 Å². The Morgan fingerprint density at radius 2 is 1.69 bits per heavy atom. The quantitative estimate of drug-likeness (QED) is 0.488. The summed E-state index contributed by atoms with van der Waals surface area (Å²) in [5.41, 5.74) is 1.51. The van der Waals surface area contributed by atoms with Gasteiger partial charge in [0, 0.05) is 16.5 Å². The van der Waals surface area contributed by atoms with E-state index >= 15 is 0 Å². The van der Waals surface area contributed by atoms with E-state index in [1.54, 1.807) is 19.1 Å². The van der Waals surface area contributed by atoms with E-state index in [4.69, 9.17) is 0 Å². The topological polar surface area (TPSA) is 51.2 Å². The van der Waals surface area contributed by atoms with Crippen LogP contribution in [0.2, 0.25) is 0 Å². The molecule has 1 atom stereocenters. The summed E-state index contributed by atoms with van der Waals surface area (Å²) in [5.74, 6) is -0.607. The van der Waals surface area contributed by atoms with Gasteiger partial charge in [0.15, 0.2) is 0 Å². The highest BCUT2D eigenvalue weighted by atomic mass is 19.4. The summed E-state index contributed by atoms with van der Waals surface area (Å²) < 4.78 is 78.5. The molecule has 4 nitrogen and oxygen atoms in total. The molecule has 0 aliphatic heterocycles. The van der Waals surface area contributed by atoms with Crippen molar-refractivity contribution in [3.05, 3.63) is 65.2 Å². The molecular formula is C22H18F6N2O2. The van der Waals surface area contributed by atoms with Crippen molar-refractivity contribution < 1.29 is 35.9 Å². The largest absolute Gasteiger partial charge is 0.522 e. The van der Waals surface area contributed by atoms with Crippen molar-refractivity contribution in [3.8, 4) is 11.3 Å². The molecule has 0 aliphatic rings. The molecule has 0 aliphatic carbocycles. The smallest absolute Gasteiger partial charge is 0.347 e. The number of carbonyl (C=O) groups excluding carboxylic acids is 1. The fourth-order valence-corrected chi connectivity index (χ4v) is 3.09. The second kappa shape index (κ2) is 8.78. The number of aryl methyl sites for hydroxylation is 1. The predicted molar refractivity (Wildman–Crippen MR) is 106 cm³/mol. The lowest BCUT2D eigenvalue weighted by Gasteiger charge is -2.16. The molecule has 3 aromatic rings. The first-order valence-corrected chi connectivity index (χ1v) is 9.44. The number of pyridine rings is 1. The van der Waals surface area contributed by atoms with E-state index in [0.29, 0.717) is 16.8 Å². The molecule has 0 saturated carbocycles. The number of hydrogen-bond acceptors (Lipinski definition) is 3. The highest BCUT2D eigenvalue weighted by Gasteiger charge is 2.30. The third-order valence-electron chi connectivity index (χ3n) is 4.66. The van der Waals surface area contributed by atoms with Gasteiger partial charge in [0.25, 0.3) is 5.91 Å². The molecule has 3 rings (SSSR count). The van der Waals surface area contributed by atoms with Gasteiger partial charge < -0.3 is 5.32 Å². The van der Waals surface area contributed by atoms with Gasteiger partial charge in [-0.15, -0.1) is 13.2 Å². The van der Waals surface area contributed by atoms with Crippen LogP contribution in [0.25, 0.3) is 22.2 Å². The van der Waals surface area contributed by atoms with Crippen molar-refractivity contribution in [2.75, 3.05) is 6.61 Å². The Bertz CT molecular complexity index is 1120. The van der Waals surface area contributed by atoms with E-state index in [9.17, 15) is 31.1 Å². The second-order valence-corrected chi connectivity index (χ2v) is 7.26. The number of halogens is 6. The molecular weight excluding hydrogens is 438 g/mol. The number of amides is 1. The fraction of sp³-hybridized carbons (Fsp3) is 0.273. The van der Waals surface area contributed by atoms with Gasteiger partial charge in [-0.2, -0.15) is 13.2 Å². The van der Waals surface area contributed by atoms with E-state index in [-0.39, 0.29) is 5.56 Å². The van der Waals surface area contributed by atoms with Crippen molar-refractivity contribution >= 4 is 16.8 Å². The zero-order valence-electron chi connectivity index (χ0n) is 16.9. The molecule has 1 N–H and O–H groups in total. The summed E-state index contributed by atoms with van der Waals surface area (Å²) in [6.45, 7) is 2.43. The molecule has 0 radical (unpaired) electrons. The number of rotatable bonds is 5. The maximum absolute atomic E-state index is 12.8. The Balaban J connectivity index is 1.85. The Hall–Kier alpha value is -3.14. The minimum absolute atomic E-state index is 0.174.